The van der Waals surface area contributed by atoms with Gasteiger partial charge in [-0.05, 0) is 29.8 Å². The monoisotopic (exact) mass is 308 g/mol. The first-order valence-corrected chi connectivity index (χ1v) is 7.77. The minimum Gasteiger partial charge on any atom is -0.495 e. The predicted molar refractivity (Wildman–Crippen MR) is 86.9 cm³/mol. The Morgan fingerprint density at radius 3 is 3.00 bits per heavy atom. The maximum absolute atomic E-state index is 9.49. The second-order valence-electron chi connectivity index (χ2n) is 4.92. The first-order chi connectivity index (χ1) is 10.8. The van der Waals surface area contributed by atoms with Gasteiger partial charge in [-0.15, -0.1) is 11.8 Å². The molecule has 0 atom stereocenters. The van der Waals surface area contributed by atoms with E-state index in [1.807, 2.05) is 24.3 Å². The van der Waals surface area contributed by atoms with E-state index in [0.717, 1.165) is 27.1 Å². The zero-order valence-corrected chi connectivity index (χ0v) is 12.3. The number of benzene rings is 1. The number of hydrogen-bond acceptors (Lipinski definition) is 5. The second kappa shape index (κ2) is 5.31. The Kier molecular flexibility index (Phi) is 3.16. The van der Waals surface area contributed by atoms with Gasteiger partial charge in [0.2, 0.25) is 0 Å². The molecular weight excluding hydrogens is 296 g/mol. The van der Waals surface area contributed by atoms with Crippen molar-refractivity contribution in [3.8, 4) is 5.88 Å². The van der Waals surface area contributed by atoms with Crippen molar-refractivity contribution in [2.24, 2.45) is 0 Å². The zero-order valence-electron chi connectivity index (χ0n) is 11.5. The Bertz CT molecular complexity index is 961. The summed E-state index contributed by atoms with van der Waals surface area (Å²) >= 11 is 1.65. The molecule has 0 saturated carbocycles. The average Bonchev–Trinajstić information content (AvgIpc) is 2.92. The van der Waals surface area contributed by atoms with E-state index in [0.29, 0.717) is 5.65 Å². The molecule has 0 spiro atoms. The number of aromatic amines is 1. The number of H-pyrrole nitrogens is 1. The number of pyridine rings is 1. The highest BCUT2D eigenvalue weighted by Crippen LogP contribution is 2.28. The largest absolute Gasteiger partial charge is 0.495 e. The van der Waals surface area contributed by atoms with Crippen LogP contribution in [-0.2, 0) is 5.75 Å². The molecule has 0 saturated heterocycles. The summed E-state index contributed by atoms with van der Waals surface area (Å²) in [5.74, 6) is 0.982. The van der Waals surface area contributed by atoms with Crippen molar-refractivity contribution in [3.05, 3.63) is 54.5 Å². The Labute approximate surface area is 130 Å². The molecule has 22 heavy (non-hydrogen) atoms. The Morgan fingerprint density at radius 1 is 1.09 bits per heavy atom. The SMILES string of the molecule is Oc1cc2cc(CSc3ncnc4ncccc34)ccc2[nH]1. The fourth-order valence-corrected chi connectivity index (χ4v) is 3.32. The van der Waals surface area contributed by atoms with Crippen LogP contribution in [0.2, 0.25) is 0 Å². The van der Waals surface area contributed by atoms with Gasteiger partial charge in [-0.3, -0.25) is 0 Å². The van der Waals surface area contributed by atoms with E-state index in [2.05, 4.69) is 26.0 Å². The first-order valence-electron chi connectivity index (χ1n) is 6.79. The van der Waals surface area contributed by atoms with Gasteiger partial charge in [0, 0.05) is 28.9 Å². The van der Waals surface area contributed by atoms with Gasteiger partial charge in [0.1, 0.15) is 11.4 Å². The molecule has 0 radical (unpaired) electrons. The van der Waals surface area contributed by atoms with E-state index in [1.165, 1.54) is 5.56 Å². The first kappa shape index (κ1) is 13.1. The summed E-state index contributed by atoms with van der Waals surface area (Å²) < 4.78 is 0. The molecule has 4 rings (SSSR count). The van der Waals surface area contributed by atoms with Crippen LogP contribution in [0.5, 0.6) is 5.88 Å². The highest BCUT2D eigenvalue weighted by Gasteiger charge is 2.06. The predicted octanol–water partition coefficient (Wildman–Crippen LogP) is 3.50. The van der Waals surface area contributed by atoms with Crippen LogP contribution >= 0.6 is 11.8 Å². The molecule has 5 nitrogen and oxygen atoms in total. The van der Waals surface area contributed by atoms with Gasteiger partial charge in [0.25, 0.3) is 0 Å². The van der Waals surface area contributed by atoms with Crippen LogP contribution in [0.4, 0.5) is 0 Å². The molecule has 1 aromatic carbocycles. The van der Waals surface area contributed by atoms with Gasteiger partial charge in [-0.1, -0.05) is 6.07 Å². The minimum atomic E-state index is 0.188. The summed E-state index contributed by atoms with van der Waals surface area (Å²) in [6.45, 7) is 0. The second-order valence-corrected chi connectivity index (χ2v) is 5.88. The van der Waals surface area contributed by atoms with E-state index in [4.69, 9.17) is 0 Å². The lowest BCUT2D eigenvalue weighted by atomic mass is 10.2. The number of thioether (sulfide) groups is 1. The van der Waals surface area contributed by atoms with E-state index >= 15 is 0 Å². The fourth-order valence-electron chi connectivity index (χ4n) is 2.40. The molecular formula is C16H12N4OS. The number of rotatable bonds is 3. The minimum absolute atomic E-state index is 0.188. The fraction of sp³-hybridized carbons (Fsp3) is 0.0625. The van der Waals surface area contributed by atoms with E-state index in [1.54, 1.807) is 30.4 Å². The van der Waals surface area contributed by atoms with Gasteiger partial charge in [-0.25, -0.2) is 15.0 Å². The van der Waals surface area contributed by atoms with Crippen molar-refractivity contribution in [2.45, 2.75) is 10.8 Å². The molecule has 3 aromatic heterocycles. The summed E-state index contributed by atoms with van der Waals surface area (Å²) in [5, 5.41) is 12.4. The number of aromatic hydroxyl groups is 1. The molecule has 0 unspecified atom stereocenters. The smallest absolute Gasteiger partial charge is 0.189 e. The summed E-state index contributed by atoms with van der Waals surface area (Å²) in [7, 11) is 0. The van der Waals surface area contributed by atoms with Crippen LogP contribution in [0.15, 0.2) is 53.9 Å². The Balaban J connectivity index is 1.62. The number of nitrogens with zero attached hydrogens (tertiary/aromatic N) is 3. The number of hydrogen-bond donors (Lipinski definition) is 2. The lowest BCUT2D eigenvalue weighted by molar-refractivity contribution is 0.458. The van der Waals surface area contributed by atoms with Crippen LogP contribution in [0.25, 0.3) is 21.9 Å². The zero-order chi connectivity index (χ0) is 14.9. The lowest BCUT2D eigenvalue weighted by Gasteiger charge is -2.04. The van der Waals surface area contributed by atoms with Crippen LogP contribution in [-0.4, -0.2) is 25.0 Å². The summed E-state index contributed by atoms with van der Waals surface area (Å²) in [4.78, 5) is 15.7. The van der Waals surface area contributed by atoms with Crippen molar-refractivity contribution in [2.75, 3.05) is 0 Å². The number of fused-ring (bicyclic) bond motifs is 2. The van der Waals surface area contributed by atoms with Crippen molar-refractivity contribution in [3.63, 3.8) is 0 Å². The quantitative estimate of drug-likeness (QED) is 0.447. The molecule has 108 valence electrons. The van der Waals surface area contributed by atoms with Crippen LogP contribution in [0, 0.1) is 0 Å². The van der Waals surface area contributed by atoms with E-state index in [9.17, 15) is 5.11 Å². The summed E-state index contributed by atoms with van der Waals surface area (Å²) in [5.41, 5.74) is 2.82. The van der Waals surface area contributed by atoms with E-state index < -0.39 is 0 Å². The normalized spacial score (nSPS) is 11.3. The van der Waals surface area contributed by atoms with Crippen LogP contribution in [0.1, 0.15) is 5.56 Å². The maximum Gasteiger partial charge on any atom is 0.189 e. The molecule has 6 heteroatoms. The van der Waals surface area contributed by atoms with Crippen molar-refractivity contribution >= 4 is 33.7 Å². The molecule has 0 aliphatic rings. The van der Waals surface area contributed by atoms with Crippen molar-refractivity contribution in [1.29, 1.82) is 0 Å². The van der Waals surface area contributed by atoms with Crippen LogP contribution < -0.4 is 0 Å². The molecule has 0 aliphatic heterocycles. The summed E-state index contributed by atoms with van der Waals surface area (Å²) in [6.07, 6.45) is 3.28. The number of nitrogens with one attached hydrogen (secondary N) is 1. The van der Waals surface area contributed by atoms with E-state index in [-0.39, 0.29) is 5.88 Å². The molecule has 0 amide bonds. The van der Waals surface area contributed by atoms with Crippen molar-refractivity contribution < 1.29 is 5.11 Å². The van der Waals surface area contributed by atoms with Gasteiger partial charge >= 0.3 is 0 Å². The van der Waals surface area contributed by atoms with Gasteiger partial charge in [0.15, 0.2) is 11.5 Å². The van der Waals surface area contributed by atoms with Crippen molar-refractivity contribution in [1.82, 2.24) is 19.9 Å². The third-order valence-electron chi connectivity index (χ3n) is 3.42. The van der Waals surface area contributed by atoms with Gasteiger partial charge in [0.05, 0.1) is 5.39 Å². The van der Waals surface area contributed by atoms with Gasteiger partial charge < -0.3 is 10.1 Å². The number of aromatic nitrogens is 4. The maximum atomic E-state index is 9.49. The highest BCUT2D eigenvalue weighted by molar-refractivity contribution is 7.98. The standard InChI is InChI=1S/C16H12N4OS/c21-14-7-11-6-10(3-4-13(11)20-14)8-22-16-12-2-1-5-17-15(12)18-9-19-16/h1-7,9,20-21H,8H2. The Morgan fingerprint density at radius 2 is 2.05 bits per heavy atom. The molecule has 0 fully saturated rings. The van der Waals surface area contributed by atoms with Crippen LogP contribution in [0.3, 0.4) is 0 Å². The molecule has 2 N–H and O–H groups in total. The lowest BCUT2D eigenvalue weighted by Crippen LogP contribution is -1.89. The molecule has 3 heterocycles. The molecule has 4 aromatic rings. The molecule has 0 aliphatic carbocycles. The topological polar surface area (TPSA) is 74.7 Å². The highest BCUT2D eigenvalue weighted by atomic mass is 32.2. The third-order valence-corrected chi connectivity index (χ3v) is 4.50. The third kappa shape index (κ3) is 2.37. The Hall–Kier alpha value is -2.60. The summed E-state index contributed by atoms with van der Waals surface area (Å²) in [6, 6.07) is 11.7. The van der Waals surface area contributed by atoms with Gasteiger partial charge in [-0.2, -0.15) is 0 Å². The molecule has 0 bridgehead atoms. The average molecular weight is 308 g/mol.